The molecule has 0 aliphatic heterocycles. The molecule has 0 N–H and O–H groups in total. The molecule has 3 heteroatoms. The van der Waals surface area contributed by atoms with E-state index >= 15 is 0 Å². The molecule has 3 nitrogen and oxygen atoms in total. The number of hydrogen-bond donors (Lipinski definition) is 0. The summed E-state index contributed by atoms with van der Waals surface area (Å²) < 4.78 is 10.9. The summed E-state index contributed by atoms with van der Waals surface area (Å²) in [5.74, 6) is 2.81. The van der Waals surface area contributed by atoms with Crippen LogP contribution in [0, 0.1) is 11.3 Å². The van der Waals surface area contributed by atoms with Crippen molar-refractivity contribution in [3.63, 3.8) is 0 Å². The average Bonchev–Trinajstić information content (AvgIpc) is 3.51. The van der Waals surface area contributed by atoms with Gasteiger partial charge >= 0.3 is 0 Å². The molecule has 166 valence electrons. The van der Waals surface area contributed by atoms with Crippen molar-refractivity contribution in [2.24, 2.45) is 11.3 Å². The smallest absolute Gasteiger partial charge is 0.192 e. The second kappa shape index (κ2) is 11.5. The molecule has 0 spiro atoms. The van der Waals surface area contributed by atoms with Crippen molar-refractivity contribution in [3.05, 3.63) is 77.9 Å². The summed E-state index contributed by atoms with van der Waals surface area (Å²) >= 11 is 0. The lowest BCUT2D eigenvalue weighted by molar-refractivity contribution is 0.103. The number of carbonyl (C=O) groups is 1. The van der Waals surface area contributed by atoms with E-state index in [0.717, 1.165) is 23.5 Å². The topological polar surface area (TPSA) is 35.5 Å². The van der Waals surface area contributed by atoms with Crippen LogP contribution in [0.2, 0.25) is 0 Å². The van der Waals surface area contributed by atoms with Crippen molar-refractivity contribution in [1.82, 2.24) is 0 Å². The number of hydrogen-bond acceptors (Lipinski definition) is 3. The first-order valence-corrected chi connectivity index (χ1v) is 11.4. The van der Waals surface area contributed by atoms with Crippen LogP contribution in [0.1, 0.15) is 64.2 Å². The lowest BCUT2D eigenvalue weighted by Gasteiger charge is -2.11. The van der Waals surface area contributed by atoms with Gasteiger partial charge in [0.1, 0.15) is 17.2 Å². The van der Waals surface area contributed by atoms with Gasteiger partial charge in [-0.1, -0.05) is 65.7 Å². The van der Waals surface area contributed by atoms with Gasteiger partial charge in [0.25, 0.3) is 0 Å². The summed E-state index contributed by atoms with van der Waals surface area (Å²) in [6, 6.07) is 14.7. The maximum absolute atomic E-state index is 12.6. The van der Waals surface area contributed by atoms with Gasteiger partial charge in [-0.15, -0.1) is 0 Å². The first-order valence-electron chi connectivity index (χ1n) is 11.4. The van der Waals surface area contributed by atoms with E-state index in [-0.39, 0.29) is 5.78 Å². The Hall–Kier alpha value is -2.81. The van der Waals surface area contributed by atoms with E-state index in [1.807, 2.05) is 68.5 Å². The van der Waals surface area contributed by atoms with Gasteiger partial charge in [-0.3, -0.25) is 4.79 Å². The standard InChI is InChI=1S/C22H20O3.C4H10.C2H6/c1-22-12-11-16(13-17(22)14-22)21(23)15-3-5-19(6-4-15)25-20-9-7-18(24-2)8-10-20;1-3-4-2;1-2/h3-13,17H,14H2,1-2H3;3-4H2,1-2H3;1-2H3. The molecule has 2 atom stereocenters. The first kappa shape index (κ1) is 24.5. The van der Waals surface area contributed by atoms with Crippen LogP contribution in [0.5, 0.6) is 17.2 Å². The predicted octanol–water partition coefficient (Wildman–Crippen LogP) is 8.03. The summed E-state index contributed by atoms with van der Waals surface area (Å²) in [5, 5.41) is 0. The van der Waals surface area contributed by atoms with E-state index in [1.54, 1.807) is 7.11 Å². The Morgan fingerprint density at radius 2 is 1.45 bits per heavy atom. The van der Waals surface area contributed by atoms with Gasteiger partial charge in [0.05, 0.1) is 7.11 Å². The van der Waals surface area contributed by atoms with E-state index in [4.69, 9.17) is 9.47 Å². The monoisotopic (exact) mass is 420 g/mol. The zero-order chi connectivity index (χ0) is 22.9. The van der Waals surface area contributed by atoms with Gasteiger partial charge in [-0.05, 0) is 66.3 Å². The zero-order valence-electron chi connectivity index (χ0n) is 19.8. The number of carbonyl (C=O) groups excluding carboxylic acids is 1. The van der Waals surface area contributed by atoms with Crippen LogP contribution in [0.4, 0.5) is 0 Å². The van der Waals surface area contributed by atoms with Gasteiger partial charge in [0.15, 0.2) is 5.78 Å². The van der Waals surface area contributed by atoms with Crippen molar-refractivity contribution >= 4 is 5.78 Å². The highest BCUT2D eigenvalue weighted by Gasteiger charge is 2.48. The number of Topliss-reactive ketones (excluding diaryl/α,β-unsaturated/α-hetero) is 1. The molecule has 2 aliphatic carbocycles. The van der Waals surface area contributed by atoms with Crippen LogP contribution in [0.15, 0.2) is 72.3 Å². The molecule has 0 aromatic heterocycles. The number of unbranched alkanes of at least 4 members (excludes halogenated alkanes) is 1. The summed E-state index contributed by atoms with van der Waals surface area (Å²) in [5.41, 5.74) is 1.77. The highest BCUT2D eigenvalue weighted by Crippen LogP contribution is 2.56. The Bertz CT molecular complexity index is 889. The highest BCUT2D eigenvalue weighted by molar-refractivity contribution is 6.10. The van der Waals surface area contributed by atoms with Gasteiger partial charge in [-0.25, -0.2) is 0 Å². The molecule has 2 aromatic rings. The molecule has 0 amide bonds. The molecule has 0 bridgehead atoms. The van der Waals surface area contributed by atoms with Crippen molar-refractivity contribution in [1.29, 1.82) is 0 Å². The van der Waals surface area contributed by atoms with Crippen LogP contribution >= 0.6 is 0 Å². The van der Waals surface area contributed by atoms with Crippen LogP contribution in [-0.4, -0.2) is 12.9 Å². The molecular formula is C28H36O3. The molecule has 2 unspecified atom stereocenters. The molecule has 1 saturated carbocycles. The molecule has 2 aliphatic rings. The fourth-order valence-electron chi connectivity index (χ4n) is 3.18. The summed E-state index contributed by atoms with van der Waals surface area (Å²) in [4.78, 5) is 12.6. The Morgan fingerprint density at radius 3 is 1.94 bits per heavy atom. The minimum Gasteiger partial charge on any atom is -0.497 e. The molecule has 31 heavy (non-hydrogen) atoms. The fraction of sp³-hybridized carbons (Fsp3) is 0.393. The largest absolute Gasteiger partial charge is 0.497 e. The van der Waals surface area contributed by atoms with Crippen LogP contribution in [-0.2, 0) is 0 Å². The number of allylic oxidation sites excluding steroid dienone is 4. The number of ketones is 1. The SMILES string of the molecule is CC.CCCC.COc1ccc(Oc2ccc(C(=O)C3=CC4CC4(C)C=C3)cc2)cc1. The minimum atomic E-state index is 0.0706. The lowest BCUT2D eigenvalue weighted by atomic mass is 9.93. The third-order valence-corrected chi connectivity index (χ3v) is 5.54. The number of benzene rings is 2. The number of methoxy groups -OCH3 is 1. The Kier molecular flexibility index (Phi) is 9.11. The number of rotatable bonds is 6. The molecule has 0 radical (unpaired) electrons. The van der Waals surface area contributed by atoms with Crippen molar-refractivity contribution < 1.29 is 14.3 Å². The molecule has 0 saturated heterocycles. The zero-order valence-corrected chi connectivity index (χ0v) is 19.8. The normalized spacial score (nSPS) is 20.1. The van der Waals surface area contributed by atoms with Crippen LogP contribution in [0.25, 0.3) is 0 Å². The van der Waals surface area contributed by atoms with Gasteiger partial charge < -0.3 is 9.47 Å². The lowest BCUT2D eigenvalue weighted by Crippen LogP contribution is -2.06. The third-order valence-electron chi connectivity index (χ3n) is 5.54. The van der Waals surface area contributed by atoms with E-state index in [9.17, 15) is 4.79 Å². The van der Waals surface area contributed by atoms with Crippen molar-refractivity contribution in [2.45, 2.75) is 53.9 Å². The third kappa shape index (κ3) is 6.58. The van der Waals surface area contributed by atoms with Crippen LogP contribution in [0.3, 0.4) is 0 Å². The molecule has 1 fully saturated rings. The van der Waals surface area contributed by atoms with E-state index in [1.165, 1.54) is 12.8 Å². The summed E-state index contributed by atoms with van der Waals surface area (Å²) in [6.07, 6.45) is 10.0. The van der Waals surface area contributed by atoms with E-state index in [2.05, 4.69) is 32.9 Å². The second-order valence-electron chi connectivity index (χ2n) is 7.90. The summed E-state index contributed by atoms with van der Waals surface area (Å²) in [7, 11) is 1.63. The van der Waals surface area contributed by atoms with Crippen molar-refractivity contribution in [2.75, 3.05) is 7.11 Å². The fourth-order valence-corrected chi connectivity index (χ4v) is 3.18. The van der Waals surface area contributed by atoms with Crippen LogP contribution < -0.4 is 9.47 Å². The number of fused-ring (bicyclic) bond motifs is 1. The first-order chi connectivity index (χ1) is 15.0. The maximum atomic E-state index is 12.6. The van der Waals surface area contributed by atoms with Gasteiger partial charge in [0.2, 0.25) is 0 Å². The van der Waals surface area contributed by atoms with Gasteiger partial charge in [0, 0.05) is 11.1 Å². The molecule has 0 heterocycles. The highest BCUT2D eigenvalue weighted by atomic mass is 16.5. The second-order valence-corrected chi connectivity index (χ2v) is 7.90. The molecule has 4 rings (SSSR count). The predicted molar refractivity (Wildman–Crippen MR) is 129 cm³/mol. The van der Waals surface area contributed by atoms with E-state index < -0.39 is 0 Å². The maximum Gasteiger partial charge on any atom is 0.192 e. The Labute approximate surface area is 187 Å². The average molecular weight is 421 g/mol. The minimum absolute atomic E-state index is 0.0706. The quantitative estimate of drug-likeness (QED) is 0.444. The van der Waals surface area contributed by atoms with E-state index in [0.29, 0.717) is 22.6 Å². The van der Waals surface area contributed by atoms with Gasteiger partial charge in [-0.2, -0.15) is 0 Å². The molecule has 2 aromatic carbocycles. The number of ether oxygens (including phenoxy) is 2. The molecular weight excluding hydrogens is 384 g/mol. The van der Waals surface area contributed by atoms with Crippen molar-refractivity contribution in [3.8, 4) is 17.2 Å². The summed E-state index contributed by atoms with van der Waals surface area (Å²) in [6.45, 7) is 10.6. The Balaban J connectivity index is 0.000000513. The Morgan fingerprint density at radius 1 is 0.935 bits per heavy atom.